The SMILES string of the molecule is Cc1ccc(N(C)C(=O)c2cccnc2F)cc1. The highest BCUT2D eigenvalue weighted by Gasteiger charge is 2.17. The summed E-state index contributed by atoms with van der Waals surface area (Å²) in [7, 11) is 1.61. The van der Waals surface area contributed by atoms with Crippen molar-refractivity contribution in [1.82, 2.24) is 4.98 Å². The number of anilines is 1. The first-order valence-corrected chi connectivity index (χ1v) is 5.55. The van der Waals surface area contributed by atoms with Crippen molar-refractivity contribution in [2.45, 2.75) is 6.92 Å². The third-order valence-corrected chi connectivity index (χ3v) is 2.72. The average Bonchev–Trinajstić information content (AvgIpc) is 2.38. The Morgan fingerprint density at radius 3 is 2.50 bits per heavy atom. The van der Waals surface area contributed by atoms with Gasteiger partial charge in [0.1, 0.15) is 0 Å². The van der Waals surface area contributed by atoms with Crippen molar-refractivity contribution in [2.75, 3.05) is 11.9 Å². The molecular formula is C14H13FN2O. The van der Waals surface area contributed by atoms with Crippen molar-refractivity contribution in [2.24, 2.45) is 0 Å². The molecule has 0 bridgehead atoms. The summed E-state index contributed by atoms with van der Waals surface area (Å²) in [4.78, 5) is 17.0. The zero-order chi connectivity index (χ0) is 13.1. The standard InChI is InChI=1S/C14H13FN2O/c1-10-5-7-11(8-6-10)17(2)14(18)12-4-3-9-16-13(12)15/h3-9H,1-2H3. The maximum Gasteiger partial charge on any atom is 0.262 e. The van der Waals surface area contributed by atoms with Crippen molar-refractivity contribution in [3.8, 4) is 0 Å². The number of benzene rings is 1. The van der Waals surface area contributed by atoms with Gasteiger partial charge in [-0.15, -0.1) is 0 Å². The average molecular weight is 244 g/mol. The van der Waals surface area contributed by atoms with Crippen LogP contribution < -0.4 is 4.90 Å². The number of amides is 1. The number of nitrogens with zero attached hydrogens (tertiary/aromatic N) is 2. The van der Waals surface area contributed by atoms with Crippen LogP contribution in [0.25, 0.3) is 0 Å². The monoisotopic (exact) mass is 244 g/mol. The lowest BCUT2D eigenvalue weighted by atomic mass is 10.2. The molecule has 0 atom stereocenters. The van der Waals surface area contributed by atoms with Crippen molar-refractivity contribution in [3.63, 3.8) is 0 Å². The van der Waals surface area contributed by atoms with E-state index in [1.165, 1.54) is 17.2 Å². The molecule has 2 rings (SSSR count). The molecule has 1 amide bonds. The molecule has 0 spiro atoms. The zero-order valence-electron chi connectivity index (χ0n) is 10.2. The Balaban J connectivity index is 2.29. The Morgan fingerprint density at radius 2 is 1.89 bits per heavy atom. The Kier molecular flexibility index (Phi) is 3.37. The Bertz CT molecular complexity index is 566. The van der Waals surface area contributed by atoms with Crippen molar-refractivity contribution in [1.29, 1.82) is 0 Å². The van der Waals surface area contributed by atoms with Crippen LogP contribution in [0.3, 0.4) is 0 Å². The van der Waals surface area contributed by atoms with E-state index in [1.807, 2.05) is 31.2 Å². The number of hydrogen-bond donors (Lipinski definition) is 0. The first kappa shape index (κ1) is 12.2. The Labute approximate surface area is 105 Å². The van der Waals surface area contributed by atoms with E-state index < -0.39 is 11.9 Å². The second-order valence-corrected chi connectivity index (χ2v) is 4.04. The summed E-state index contributed by atoms with van der Waals surface area (Å²) in [5.41, 5.74) is 1.79. The number of aryl methyl sites for hydroxylation is 1. The Morgan fingerprint density at radius 1 is 1.22 bits per heavy atom. The fourth-order valence-electron chi connectivity index (χ4n) is 1.61. The number of rotatable bonds is 2. The van der Waals surface area contributed by atoms with Gasteiger partial charge in [-0.2, -0.15) is 4.39 Å². The highest BCUT2D eigenvalue weighted by atomic mass is 19.1. The molecule has 3 nitrogen and oxygen atoms in total. The van der Waals surface area contributed by atoms with E-state index in [0.29, 0.717) is 5.69 Å². The first-order chi connectivity index (χ1) is 8.59. The second-order valence-electron chi connectivity index (χ2n) is 4.04. The molecule has 0 aliphatic carbocycles. The fourth-order valence-corrected chi connectivity index (χ4v) is 1.61. The molecule has 1 aromatic carbocycles. The van der Waals surface area contributed by atoms with E-state index in [-0.39, 0.29) is 5.56 Å². The molecule has 0 saturated carbocycles. The Hall–Kier alpha value is -2.23. The minimum atomic E-state index is -0.749. The smallest absolute Gasteiger partial charge is 0.262 e. The first-order valence-electron chi connectivity index (χ1n) is 5.55. The minimum absolute atomic E-state index is 0.0272. The molecule has 4 heteroatoms. The van der Waals surface area contributed by atoms with Crippen LogP contribution in [0.2, 0.25) is 0 Å². The lowest BCUT2D eigenvalue weighted by Gasteiger charge is -2.17. The predicted molar refractivity (Wildman–Crippen MR) is 68.1 cm³/mol. The summed E-state index contributed by atoms with van der Waals surface area (Å²) in [5, 5.41) is 0. The molecule has 0 radical (unpaired) electrons. The molecule has 1 heterocycles. The van der Waals surface area contributed by atoms with Crippen LogP contribution in [0.1, 0.15) is 15.9 Å². The number of pyridine rings is 1. The van der Waals surface area contributed by atoms with Crippen molar-refractivity contribution in [3.05, 3.63) is 59.7 Å². The summed E-state index contributed by atoms with van der Waals surface area (Å²) >= 11 is 0. The van der Waals surface area contributed by atoms with E-state index in [2.05, 4.69) is 4.98 Å². The van der Waals surface area contributed by atoms with Crippen molar-refractivity contribution < 1.29 is 9.18 Å². The van der Waals surface area contributed by atoms with Gasteiger partial charge in [-0.3, -0.25) is 4.79 Å². The zero-order valence-corrected chi connectivity index (χ0v) is 10.2. The van der Waals surface area contributed by atoms with Crippen LogP contribution in [-0.2, 0) is 0 Å². The van der Waals surface area contributed by atoms with Gasteiger partial charge in [0.05, 0.1) is 5.56 Å². The van der Waals surface area contributed by atoms with Gasteiger partial charge in [-0.25, -0.2) is 4.98 Å². The molecule has 2 aromatic rings. The molecule has 0 aliphatic heterocycles. The van der Waals surface area contributed by atoms with Crippen LogP contribution in [0.5, 0.6) is 0 Å². The van der Waals surface area contributed by atoms with Gasteiger partial charge in [0.15, 0.2) is 0 Å². The van der Waals surface area contributed by atoms with Crippen LogP contribution >= 0.6 is 0 Å². The summed E-state index contributed by atoms with van der Waals surface area (Å²) in [6, 6.07) is 10.4. The predicted octanol–water partition coefficient (Wildman–Crippen LogP) is 2.81. The summed E-state index contributed by atoms with van der Waals surface area (Å²) < 4.78 is 13.4. The van der Waals surface area contributed by atoms with E-state index in [9.17, 15) is 9.18 Å². The van der Waals surface area contributed by atoms with Gasteiger partial charge in [0, 0.05) is 18.9 Å². The minimum Gasteiger partial charge on any atom is -0.311 e. The molecule has 0 aliphatic rings. The lowest BCUT2D eigenvalue weighted by Crippen LogP contribution is -2.27. The van der Waals surface area contributed by atoms with Gasteiger partial charge in [-0.05, 0) is 31.2 Å². The van der Waals surface area contributed by atoms with Gasteiger partial charge in [0.25, 0.3) is 5.91 Å². The van der Waals surface area contributed by atoms with Gasteiger partial charge < -0.3 is 4.90 Å². The quantitative estimate of drug-likeness (QED) is 0.761. The van der Waals surface area contributed by atoms with E-state index in [0.717, 1.165) is 5.56 Å². The third-order valence-electron chi connectivity index (χ3n) is 2.72. The molecular weight excluding hydrogens is 231 g/mol. The van der Waals surface area contributed by atoms with Crippen LogP contribution in [0.4, 0.5) is 10.1 Å². The van der Waals surface area contributed by atoms with Crippen molar-refractivity contribution >= 4 is 11.6 Å². The van der Waals surface area contributed by atoms with Crippen LogP contribution in [-0.4, -0.2) is 17.9 Å². The summed E-state index contributed by atoms with van der Waals surface area (Å²) in [5.74, 6) is -1.16. The lowest BCUT2D eigenvalue weighted by molar-refractivity contribution is 0.0988. The highest BCUT2D eigenvalue weighted by molar-refractivity contribution is 6.05. The summed E-state index contributed by atoms with van der Waals surface area (Å²) in [6.45, 7) is 1.96. The number of hydrogen-bond acceptors (Lipinski definition) is 2. The van der Waals surface area contributed by atoms with Gasteiger partial charge in [0.2, 0.25) is 5.95 Å². The molecule has 1 aromatic heterocycles. The number of carbonyl (C=O) groups excluding carboxylic acids is 1. The topological polar surface area (TPSA) is 33.2 Å². The second kappa shape index (κ2) is 4.96. The molecule has 18 heavy (non-hydrogen) atoms. The van der Waals surface area contributed by atoms with E-state index in [1.54, 1.807) is 13.1 Å². The molecule has 92 valence electrons. The molecule has 0 N–H and O–H groups in total. The summed E-state index contributed by atoms with van der Waals surface area (Å²) in [6.07, 6.45) is 1.32. The highest BCUT2D eigenvalue weighted by Crippen LogP contribution is 2.16. The molecule has 0 fully saturated rings. The van der Waals surface area contributed by atoms with E-state index >= 15 is 0 Å². The van der Waals surface area contributed by atoms with E-state index in [4.69, 9.17) is 0 Å². The maximum absolute atomic E-state index is 13.4. The van der Waals surface area contributed by atoms with Crippen LogP contribution in [0.15, 0.2) is 42.6 Å². The van der Waals surface area contributed by atoms with Crippen LogP contribution in [0, 0.1) is 12.9 Å². The van der Waals surface area contributed by atoms with Gasteiger partial charge in [-0.1, -0.05) is 17.7 Å². The normalized spacial score (nSPS) is 10.2. The molecule has 0 saturated heterocycles. The molecule has 0 unspecified atom stereocenters. The number of aromatic nitrogens is 1. The fraction of sp³-hybridized carbons (Fsp3) is 0.143. The number of halogens is 1. The maximum atomic E-state index is 13.4. The third kappa shape index (κ3) is 2.37. The largest absolute Gasteiger partial charge is 0.311 e. The number of carbonyl (C=O) groups is 1. The van der Waals surface area contributed by atoms with Gasteiger partial charge >= 0.3 is 0 Å².